The summed E-state index contributed by atoms with van der Waals surface area (Å²) in [5.74, 6) is 1.91. The molecule has 0 unspecified atom stereocenters. The molecule has 0 aromatic rings. The Bertz CT molecular complexity index is 312. The van der Waals surface area contributed by atoms with Crippen molar-refractivity contribution in [3.8, 4) is 0 Å². The first-order chi connectivity index (χ1) is 9.22. The molecule has 19 heavy (non-hydrogen) atoms. The summed E-state index contributed by atoms with van der Waals surface area (Å²) in [5, 5.41) is 0. The second-order valence-electron chi connectivity index (χ2n) is 5.66. The van der Waals surface area contributed by atoms with Crippen LogP contribution in [0.4, 0.5) is 0 Å². The quantitative estimate of drug-likeness (QED) is 0.421. The molecule has 1 heterocycles. The zero-order chi connectivity index (χ0) is 13.9. The molecule has 0 aliphatic carbocycles. The molecule has 0 N–H and O–H groups in total. The van der Waals surface area contributed by atoms with Crippen LogP contribution in [0.3, 0.4) is 0 Å². The number of ether oxygens (including phenoxy) is 1. The van der Waals surface area contributed by atoms with Gasteiger partial charge in [-0.3, -0.25) is 0 Å². The molecular weight excluding hydrogens is 232 g/mol. The highest BCUT2D eigenvalue weighted by molar-refractivity contribution is 5.26. The first-order valence-electron chi connectivity index (χ1n) is 7.96. The molecule has 1 aliphatic heterocycles. The Labute approximate surface area is 119 Å². The molecule has 0 aromatic carbocycles. The van der Waals surface area contributed by atoms with Crippen LogP contribution >= 0.6 is 0 Å². The Balaban J connectivity index is 1.96. The van der Waals surface area contributed by atoms with E-state index in [-0.39, 0.29) is 0 Å². The topological polar surface area (TPSA) is 9.23 Å². The van der Waals surface area contributed by atoms with E-state index in [9.17, 15) is 0 Å². The van der Waals surface area contributed by atoms with Crippen LogP contribution in [0.2, 0.25) is 0 Å². The summed E-state index contributed by atoms with van der Waals surface area (Å²) in [6, 6.07) is 0. The number of hydrogen-bond acceptors (Lipinski definition) is 1. The Morgan fingerprint density at radius 3 is 2.11 bits per heavy atom. The van der Waals surface area contributed by atoms with E-state index < -0.39 is 0 Å². The van der Waals surface area contributed by atoms with Crippen molar-refractivity contribution in [3.05, 3.63) is 36.3 Å². The number of rotatable bonds is 10. The van der Waals surface area contributed by atoms with Crippen LogP contribution in [0.5, 0.6) is 0 Å². The molecule has 1 aliphatic rings. The second-order valence-corrected chi connectivity index (χ2v) is 5.66. The van der Waals surface area contributed by atoms with Crippen LogP contribution in [-0.2, 0) is 4.74 Å². The molecule has 0 amide bonds. The Morgan fingerprint density at radius 2 is 1.53 bits per heavy atom. The zero-order valence-corrected chi connectivity index (χ0v) is 12.7. The van der Waals surface area contributed by atoms with Crippen molar-refractivity contribution in [2.75, 3.05) is 0 Å². The molecule has 108 valence electrons. The predicted octanol–water partition coefficient (Wildman–Crippen LogP) is 6.28. The molecule has 0 saturated carbocycles. The molecule has 0 aromatic heterocycles. The van der Waals surface area contributed by atoms with Gasteiger partial charge in [0.25, 0.3) is 0 Å². The fraction of sp³-hybridized carbons (Fsp3) is 0.667. The van der Waals surface area contributed by atoms with Gasteiger partial charge < -0.3 is 4.74 Å². The number of unbranched alkanes of at least 4 members (excludes halogenated alkanes) is 8. The van der Waals surface area contributed by atoms with E-state index >= 15 is 0 Å². The largest absolute Gasteiger partial charge is 0.466 e. The average Bonchev–Trinajstić information content (AvgIpc) is 2.36. The van der Waals surface area contributed by atoms with Gasteiger partial charge in [0.2, 0.25) is 0 Å². The second kappa shape index (κ2) is 9.89. The van der Waals surface area contributed by atoms with Crippen molar-refractivity contribution in [3.63, 3.8) is 0 Å². The summed E-state index contributed by atoms with van der Waals surface area (Å²) in [5.41, 5.74) is 1.13. The van der Waals surface area contributed by atoms with E-state index in [0.29, 0.717) is 0 Å². The molecule has 0 bridgehead atoms. The van der Waals surface area contributed by atoms with E-state index in [1.54, 1.807) is 0 Å². The third-order valence-corrected chi connectivity index (χ3v) is 3.59. The van der Waals surface area contributed by atoms with Crippen LogP contribution in [0.25, 0.3) is 0 Å². The Kier molecular flexibility index (Phi) is 8.36. The summed E-state index contributed by atoms with van der Waals surface area (Å²) >= 11 is 0. The smallest absolute Gasteiger partial charge is 0.104 e. The molecule has 0 radical (unpaired) electrons. The molecule has 1 nitrogen and oxygen atoms in total. The predicted molar refractivity (Wildman–Crippen MR) is 83.9 cm³/mol. The molecule has 0 saturated heterocycles. The highest BCUT2D eigenvalue weighted by atomic mass is 16.5. The van der Waals surface area contributed by atoms with Crippen molar-refractivity contribution in [1.29, 1.82) is 0 Å². The minimum Gasteiger partial charge on any atom is -0.466 e. The van der Waals surface area contributed by atoms with Crippen molar-refractivity contribution >= 4 is 0 Å². The Morgan fingerprint density at radius 1 is 0.947 bits per heavy atom. The minimum atomic E-state index is 0.793. The summed E-state index contributed by atoms with van der Waals surface area (Å²) in [4.78, 5) is 0. The van der Waals surface area contributed by atoms with E-state index in [1.165, 1.54) is 57.8 Å². The molecule has 0 atom stereocenters. The lowest BCUT2D eigenvalue weighted by Crippen LogP contribution is -2.00. The molecule has 1 rings (SSSR count). The fourth-order valence-corrected chi connectivity index (χ4v) is 2.52. The van der Waals surface area contributed by atoms with Gasteiger partial charge >= 0.3 is 0 Å². The van der Waals surface area contributed by atoms with Gasteiger partial charge in [-0.05, 0) is 18.1 Å². The minimum absolute atomic E-state index is 0.793. The summed E-state index contributed by atoms with van der Waals surface area (Å²) < 4.78 is 5.63. The first-order valence-corrected chi connectivity index (χ1v) is 7.96. The average molecular weight is 262 g/mol. The van der Waals surface area contributed by atoms with Crippen LogP contribution in [0.1, 0.15) is 77.6 Å². The lowest BCUT2D eigenvalue weighted by molar-refractivity contribution is 0.272. The van der Waals surface area contributed by atoms with Gasteiger partial charge in [-0.25, -0.2) is 0 Å². The maximum Gasteiger partial charge on any atom is 0.104 e. The lowest BCUT2D eigenvalue weighted by atomic mass is 10.0. The van der Waals surface area contributed by atoms with Gasteiger partial charge in [0.1, 0.15) is 11.5 Å². The van der Waals surface area contributed by atoms with E-state index in [0.717, 1.165) is 29.9 Å². The van der Waals surface area contributed by atoms with Gasteiger partial charge in [-0.1, -0.05) is 71.4 Å². The zero-order valence-electron chi connectivity index (χ0n) is 12.7. The summed E-state index contributed by atoms with van der Waals surface area (Å²) in [6.07, 6.45) is 16.2. The Hall–Kier alpha value is -0.980. The monoisotopic (exact) mass is 262 g/mol. The van der Waals surface area contributed by atoms with Gasteiger partial charge in [-0.2, -0.15) is 0 Å². The molecular formula is C18H30O. The van der Waals surface area contributed by atoms with Gasteiger partial charge in [0.05, 0.1) is 0 Å². The van der Waals surface area contributed by atoms with E-state index in [2.05, 4.69) is 26.2 Å². The maximum atomic E-state index is 5.63. The summed E-state index contributed by atoms with van der Waals surface area (Å²) in [7, 11) is 0. The third-order valence-electron chi connectivity index (χ3n) is 3.59. The van der Waals surface area contributed by atoms with Crippen LogP contribution in [0, 0.1) is 0 Å². The normalized spacial score (nSPS) is 15.3. The van der Waals surface area contributed by atoms with Gasteiger partial charge in [0, 0.05) is 12.8 Å². The van der Waals surface area contributed by atoms with Crippen molar-refractivity contribution < 1.29 is 4.74 Å². The van der Waals surface area contributed by atoms with Crippen molar-refractivity contribution in [2.24, 2.45) is 0 Å². The van der Waals surface area contributed by atoms with Crippen molar-refractivity contribution in [1.82, 2.24) is 0 Å². The van der Waals surface area contributed by atoms with Crippen molar-refractivity contribution in [2.45, 2.75) is 77.6 Å². The SMILES string of the molecule is C=C1C=C(CCCCCCCCCCC)OC(=C)C1. The van der Waals surface area contributed by atoms with Gasteiger partial charge in [0.15, 0.2) is 0 Å². The number of allylic oxidation sites excluding steroid dienone is 3. The van der Waals surface area contributed by atoms with E-state index in [1.807, 2.05) is 0 Å². The van der Waals surface area contributed by atoms with Crippen LogP contribution in [-0.4, -0.2) is 0 Å². The summed E-state index contributed by atoms with van der Waals surface area (Å²) in [6.45, 7) is 10.1. The molecule has 0 spiro atoms. The number of hydrogen-bond donors (Lipinski definition) is 0. The van der Waals surface area contributed by atoms with Gasteiger partial charge in [-0.15, -0.1) is 0 Å². The maximum absolute atomic E-state index is 5.63. The highest BCUT2D eigenvalue weighted by Gasteiger charge is 2.09. The standard InChI is InChI=1S/C18H30O/c1-4-5-6-7-8-9-10-11-12-13-18-15-16(2)14-17(3)19-18/h15H,2-14H2,1H3. The lowest BCUT2D eigenvalue weighted by Gasteiger charge is -2.18. The molecule has 0 fully saturated rings. The molecule has 1 heteroatoms. The fourth-order valence-electron chi connectivity index (χ4n) is 2.52. The highest BCUT2D eigenvalue weighted by Crippen LogP contribution is 2.25. The first kappa shape index (κ1) is 16.1. The van der Waals surface area contributed by atoms with Crippen LogP contribution in [0.15, 0.2) is 36.3 Å². The van der Waals surface area contributed by atoms with E-state index in [4.69, 9.17) is 4.74 Å². The van der Waals surface area contributed by atoms with Crippen LogP contribution < -0.4 is 0 Å². The third kappa shape index (κ3) is 7.92.